The van der Waals surface area contributed by atoms with E-state index in [2.05, 4.69) is 26.7 Å². The first-order valence-corrected chi connectivity index (χ1v) is 9.01. The fourth-order valence-electron chi connectivity index (χ4n) is 2.81. The van der Waals surface area contributed by atoms with Crippen molar-refractivity contribution < 1.29 is 9.47 Å². The molecule has 1 saturated heterocycles. The van der Waals surface area contributed by atoms with Crippen molar-refractivity contribution in [3.05, 3.63) is 59.9 Å². The lowest BCUT2D eigenvalue weighted by Gasteiger charge is -2.15. The summed E-state index contributed by atoms with van der Waals surface area (Å²) in [4.78, 5) is 8.53. The van der Waals surface area contributed by atoms with E-state index in [1.165, 1.54) is 0 Å². The molecule has 2 aromatic rings. The van der Waals surface area contributed by atoms with E-state index in [0.717, 1.165) is 49.0 Å². The van der Waals surface area contributed by atoms with Crippen LogP contribution >= 0.6 is 24.0 Å². The number of benzene rings is 1. The summed E-state index contributed by atoms with van der Waals surface area (Å²) in [5, 5.41) is 6.64. The van der Waals surface area contributed by atoms with Gasteiger partial charge in [0.15, 0.2) is 5.96 Å². The third-order valence-electron chi connectivity index (χ3n) is 4.22. The quantitative estimate of drug-likeness (QED) is 0.361. The third-order valence-corrected chi connectivity index (χ3v) is 4.22. The summed E-state index contributed by atoms with van der Waals surface area (Å²) in [6.45, 7) is 2.78. The van der Waals surface area contributed by atoms with E-state index in [9.17, 15) is 0 Å². The maximum Gasteiger partial charge on any atom is 0.191 e. The fourth-order valence-corrected chi connectivity index (χ4v) is 2.81. The van der Waals surface area contributed by atoms with Crippen molar-refractivity contribution in [3.8, 4) is 5.75 Å². The van der Waals surface area contributed by atoms with Crippen molar-refractivity contribution in [2.45, 2.75) is 32.1 Å². The molecule has 6 nitrogen and oxygen atoms in total. The molecule has 1 fully saturated rings. The fraction of sp³-hybridized carbons (Fsp3) is 0.400. The zero-order chi connectivity index (χ0) is 18.0. The predicted octanol–water partition coefficient (Wildman–Crippen LogP) is 3.12. The predicted molar refractivity (Wildman–Crippen MR) is 118 cm³/mol. The minimum absolute atomic E-state index is 0. The molecular weight excluding hydrogens is 455 g/mol. The highest BCUT2D eigenvalue weighted by Crippen LogP contribution is 2.15. The van der Waals surface area contributed by atoms with Crippen LogP contribution in [0.5, 0.6) is 5.75 Å². The SMILES string of the molecule is CN=C(NCc1cccc(OCc2ccccn2)c1)NCC1CCCO1.I. The largest absolute Gasteiger partial charge is 0.487 e. The Morgan fingerprint density at radius 3 is 2.93 bits per heavy atom. The van der Waals surface area contributed by atoms with Gasteiger partial charge in [-0.15, -0.1) is 24.0 Å². The van der Waals surface area contributed by atoms with Gasteiger partial charge in [0.05, 0.1) is 11.8 Å². The maximum absolute atomic E-state index is 5.83. The van der Waals surface area contributed by atoms with Crippen LogP contribution in [0.1, 0.15) is 24.1 Å². The van der Waals surface area contributed by atoms with Crippen LogP contribution in [-0.2, 0) is 17.9 Å². The molecule has 1 atom stereocenters. The Kier molecular flexibility index (Phi) is 9.34. The number of guanidine groups is 1. The second-order valence-electron chi connectivity index (χ2n) is 6.20. The third kappa shape index (κ3) is 7.34. The molecule has 0 radical (unpaired) electrons. The molecule has 7 heteroatoms. The molecule has 1 aliphatic heterocycles. The average molecular weight is 482 g/mol. The number of hydrogen-bond acceptors (Lipinski definition) is 4. The van der Waals surface area contributed by atoms with Gasteiger partial charge >= 0.3 is 0 Å². The molecule has 1 aliphatic rings. The molecular formula is C20H27IN4O2. The summed E-state index contributed by atoms with van der Waals surface area (Å²) in [5.41, 5.74) is 2.04. The van der Waals surface area contributed by atoms with E-state index < -0.39 is 0 Å². The molecule has 0 bridgehead atoms. The van der Waals surface area contributed by atoms with Crippen LogP contribution in [0, 0.1) is 0 Å². The zero-order valence-corrected chi connectivity index (χ0v) is 17.9. The number of halogens is 1. The van der Waals surface area contributed by atoms with E-state index >= 15 is 0 Å². The molecule has 0 saturated carbocycles. The highest BCUT2D eigenvalue weighted by molar-refractivity contribution is 14.0. The number of aliphatic imine (C=N–C) groups is 1. The van der Waals surface area contributed by atoms with Gasteiger partial charge in [-0.3, -0.25) is 9.98 Å². The van der Waals surface area contributed by atoms with Gasteiger partial charge in [-0.2, -0.15) is 0 Å². The highest BCUT2D eigenvalue weighted by Gasteiger charge is 2.15. The lowest BCUT2D eigenvalue weighted by Crippen LogP contribution is -2.40. The van der Waals surface area contributed by atoms with Crippen molar-refractivity contribution in [2.24, 2.45) is 4.99 Å². The van der Waals surface area contributed by atoms with Gasteiger partial charge in [-0.25, -0.2) is 0 Å². The molecule has 146 valence electrons. The van der Waals surface area contributed by atoms with Crippen LogP contribution in [0.2, 0.25) is 0 Å². The van der Waals surface area contributed by atoms with Gasteiger partial charge < -0.3 is 20.1 Å². The molecule has 27 heavy (non-hydrogen) atoms. The summed E-state index contributed by atoms with van der Waals surface area (Å²) >= 11 is 0. The van der Waals surface area contributed by atoms with Crippen LogP contribution in [0.25, 0.3) is 0 Å². The number of rotatable bonds is 7. The van der Waals surface area contributed by atoms with Crippen LogP contribution < -0.4 is 15.4 Å². The van der Waals surface area contributed by atoms with Gasteiger partial charge in [-0.05, 0) is 42.7 Å². The van der Waals surface area contributed by atoms with Crippen molar-refractivity contribution in [2.75, 3.05) is 20.2 Å². The maximum atomic E-state index is 5.83. The standard InChI is InChI=1S/C20H26N4O2.HI/c1-21-20(24-14-19-9-5-11-25-19)23-13-16-6-4-8-18(12-16)26-15-17-7-2-3-10-22-17;/h2-4,6-8,10,12,19H,5,9,11,13-15H2,1H3,(H2,21,23,24);1H. The Morgan fingerprint density at radius 1 is 1.26 bits per heavy atom. The Hall–Kier alpha value is -1.87. The minimum atomic E-state index is 0. The molecule has 2 heterocycles. The van der Waals surface area contributed by atoms with E-state index in [-0.39, 0.29) is 30.1 Å². The van der Waals surface area contributed by atoms with Crippen molar-refractivity contribution in [1.82, 2.24) is 15.6 Å². The molecule has 1 unspecified atom stereocenters. The molecule has 1 aromatic heterocycles. The first-order valence-electron chi connectivity index (χ1n) is 9.01. The van der Waals surface area contributed by atoms with Crippen molar-refractivity contribution in [3.63, 3.8) is 0 Å². The summed E-state index contributed by atoms with van der Waals surface area (Å²) in [6, 6.07) is 13.9. The van der Waals surface area contributed by atoms with Crippen molar-refractivity contribution >= 4 is 29.9 Å². The molecule has 2 N–H and O–H groups in total. The Morgan fingerprint density at radius 2 is 2.19 bits per heavy atom. The van der Waals surface area contributed by atoms with Gasteiger partial charge in [0.25, 0.3) is 0 Å². The van der Waals surface area contributed by atoms with Gasteiger partial charge in [0, 0.05) is 32.9 Å². The van der Waals surface area contributed by atoms with E-state index in [1.54, 1.807) is 13.2 Å². The second kappa shape index (κ2) is 11.8. The minimum Gasteiger partial charge on any atom is -0.487 e. The summed E-state index contributed by atoms with van der Waals surface area (Å²) in [6.07, 6.45) is 4.31. The molecule has 0 aliphatic carbocycles. The Bertz CT molecular complexity index is 706. The lowest BCUT2D eigenvalue weighted by atomic mass is 10.2. The number of ether oxygens (including phenoxy) is 2. The zero-order valence-electron chi connectivity index (χ0n) is 15.6. The van der Waals surface area contributed by atoms with Gasteiger partial charge in [0.1, 0.15) is 12.4 Å². The molecule has 3 rings (SSSR count). The Balaban J connectivity index is 0.00000261. The summed E-state index contributed by atoms with van der Waals surface area (Å²) < 4.78 is 11.5. The van der Waals surface area contributed by atoms with Crippen LogP contribution in [-0.4, -0.2) is 37.2 Å². The highest BCUT2D eigenvalue weighted by atomic mass is 127. The number of hydrogen-bond donors (Lipinski definition) is 2. The normalized spacial score (nSPS) is 16.5. The smallest absolute Gasteiger partial charge is 0.191 e. The first-order chi connectivity index (χ1) is 12.8. The Labute approximate surface area is 177 Å². The van der Waals surface area contributed by atoms with Crippen LogP contribution in [0.15, 0.2) is 53.7 Å². The van der Waals surface area contributed by atoms with E-state index in [4.69, 9.17) is 9.47 Å². The van der Waals surface area contributed by atoms with Gasteiger partial charge in [-0.1, -0.05) is 18.2 Å². The van der Waals surface area contributed by atoms with E-state index in [0.29, 0.717) is 13.2 Å². The topological polar surface area (TPSA) is 67.8 Å². The molecule has 1 aromatic carbocycles. The van der Waals surface area contributed by atoms with Crippen molar-refractivity contribution in [1.29, 1.82) is 0 Å². The van der Waals surface area contributed by atoms with Crippen LogP contribution in [0.3, 0.4) is 0 Å². The first kappa shape index (κ1) is 21.4. The number of nitrogens with one attached hydrogen (secondary N) is 2. The summed E-state index contributed by atoms with van der Waals surface area (Å²) in [7, 11) is 1.78. The average Bonchev–Trinajstić information content (AvgIpc) is 3.21. The second-order valence-corrected chi connectivity index (χ2v) is 6.20. The van der Waals surface area contributed by atoms with E-state index in [1.807, 2.05) is 36.4 Å². The number of aromatic nitrogens is 1. The number of nitrogens with zero attached hydrogens (tertiary/aromatic N) is 2. The monoisotopic (exact) mass is 482 g/mol. The summed E-state index contributed by atoms with van der Waals surface area (Å²) in [5.74, 6) is 1.61. The van der Waals surface area contributed by atoms with Gasteiger partial charge in [0.2, 0.25) is 0 Å². The van der Waals surface area contributed by atoms with Crippen LogP contribution in [0.4, 0.5) is 0 Å². The lowest BCUT2D eigenvalue weighted by molar-refractivity contribution is 0.114. The number of pyridine rings is 1. The molecule has 0 spiro atoms. The molecule has 0 amide bonds.